The predicted octanol–water partition coefficient (Wildman–Crippen LogP) is 3.27. The molecule has 0 aliphatic rings. The largest absolute Gasteiger partial charge is 0.399 e. The summed E-state index contributed by atoms with van der Waals surface area (Å²) >= 11 is 3.38. The molecule has 1 amide bonds. The van der Waals surface area contributed by atoms with E-state index in [0.717, 1.165) is 15.6 Å². The zero-order chi connectivity index (χ0) is 13.8. The minimum atomic E-state index is -0.0765. The lowest BCUT2D eigenvalue weighted by atomic mass is 10.1. The van der Waals surface area contributed by atoms with E-state index in [4.69, 9.17) is 5.73 Å². The van der Waals surface area contributed by atoms with Crippen LogP contribution in [0.15, 0.2) is 46.9 Å². The van der Waals surface area contributed by atoms with Crippen molar-refractivity contribution < 1.29 is 4.79 Å². The Labute approximate surface area is 121 Å². The van der Waals surface area contributed by atoms with E-state index in [1.165, 1.54) is 0 Å². The highest BCUT2D eigenvalue weighted by Crippen LogP contribution is 2.16. The summed E-state index contributed by atoms with van der Waals surface area (Å²) in [5, 5.41) is 2.89. The van der Waals surface area contributed by atoms with Gasteiger partial charge in [-0.1, -0.05) is 28.1 Å². The normalized spacial score (nSPS) is 10.2. The third-order valence-electron chi connectivity index (χ3n) is 2.84. The molecule has 3 N–H and O–H groups in total. The Morgan fingerprint density at radius 1 is 1.26 bits per heavy atom. The average molecular weight is 319 g/mol. The molecule has 2 rings (SSSR count). The third kappa shape index (κ3) is 3.58. The Morgan fingerprint density at radius 3 is 2.74 bits per heavy atom. The maximum absolute atomic E-state index is 12.1. The Morgan fingerprint density at radius 2 is 2.05 bits per heavy atom. The molecule has 0 heterocycles. The molecule has 3 nitrogen and oxygen atoms in total. The van der Waals surface area contributed by atoms with Gasteiger partial charge in [0.1, 0.15) is 0 Å². The Balaban J connectivity index is 2.05. The van der Waals surface area contributed by atoms with Crippen molar-refractivity contribution in [1.29, 1.82) is 0 Å². The molecule has 0 unspecified atom stereocenters. The fourth-order valence-electron chi connectivity index (χ4n) is 1.86. The molecule has 0 atom stereocenters. The van der Waals surface area contributed by atoms with Crippen molar-refractivity contribution in [2.75, 3.05) is 5.73 Å². The molecular weight excluding hydrogens is 304 g/mol. The van der Waals surface area contributed by atoms with E-state index >= 15 is 0 Å². The van der Waals surface area contributed by atoms with E-state index in [0.29, 0.717) is 17.8 Å². The maximum Gasteiger partial charge on any atom is 0.251 e. The number of carbonyl (C=O) groups excluding carboxylic acids is 1. The monoisotopic (exact) mass is 318 g/mol. The molecule has 2 aromatic carbocycles. The molecule has 0 fully saturated rings. The second kappa shape index (κ2) is 5.89. The zero-order valence-electron chi connectivity index (χ0n) is 10.6. The molecule has 98 valence electrons. The molecule has 0 spiro atoms. The molecule has 2 aromatic rings. The van der Waals surface area contributed by atoms with Crippen LogP contribution < -0.4 is 11.1 Å². The molecule has 0 aliphatic carbocycles. The van der Waals surface area contributed by atoms with E-state index < -0.39 is 0 Å². The lowest BCUT2D eigenvalue weighted by molar-refractivity contribution is 0.0950. The van der Waals surface area contributed by atoms with Gasteiger partial charge in [0.15, 0.2) is 0 Å². The van der Waals surface area contributed by atoms with Crippen LogP contribution in [-0.2, 0) is 6.54 Å². The minimum absolute atomic E-state index is 0.0765. The van der Waals surface area contributed by atoms with E-state index in [1.807, 2.05) is 49.4 Å². The van der Waals surface area contributed by atoms with Gasteiger partial charge in [0, 0.05) is 22.3 Å². The summed E-state index contributed by atoms with van der Waals surface area (Å²) in [6, 6.07) is 13.1. The van der Waals surface area contributed by atoms with Crippen molar-refractivity contribution in [2.45, 2.75) is 13.5 Å². The maximum atomic E-state index is 12.1. The van der Waals surface area contributed by atoms with Crippen LogP contribution in [0.3, 0.4) is 0 Å². The lowest BCUT2D eigenvalue weighted by Gasteiger charge is -2.08. The molecule has 0 aromatic heterocycles. The summed E-state index contributed by atoms with van der Waals surface area (Å²) in [5.74, 6) is -0.0765. The number of nitrogen functional groups attached to an aromatic ring is 1. The van der Waals surface area contributed by atoms with Crippen LogP contribution in [0.2, 0.25) is 0 Å². The SMILES string of the molecule is Cc1cc(Br)ccc1C(=O)NCc1cccc(N)c1. The van der Waals surface area contributed by atoms with Crippen molar-refractivity contribution in [3.63, 3.8) is 0 Å². The molecule has 4 heteroatoms. The Bertz CT molecular complexity index is 611. The summed E-state index contributed by atoms with van der Waals surface area (Å²) < 4.78 is 0.970. The van der Waals surface area contributed by atoms with Crippen LogP contribution in [0.5, 0.6) is 0 Å². The number of carbonyl (C=O) groups is 1. The number of nitrogens with one attached hydrogen (secondary N) is 1. The number of anilines is 1. The first-order valence-electron chi connectivity index (χ1n) is 5.95. The quantitative estimate of drug-likeness (QED) is 0.853. The summed E-state index contributed by atoms with van der Waals surface area (Å²) in [4.78, 5) is 12.1. The lowest BCUT2D eigenvalue weighted by Crippen LogP contribution is -2.23. The number of aryl methyl sites for hydroxylation is 1. The minimum Gasteiger partial charge on any atom is -0.399 e. The van der Waals surface area contributed by atoms with Crippen LogP contribution in [0, 0.1) is 6.92 Å². The Kier molecular flexibility index (Phi) is 4.22. The first-order valence-corrected chi connectivity index (χ1v) is 6.74. The van der Waals surface area contributed by atoms with Crippen molar-refractivity contribution in [3.05, 3.63) is 63.6 Å². The number of hydrogen-bond acceptors (Lipinski definition) is 2. The Hall–Kier alpha value is -1.81. The van der Waals surface area contributed by atoms with E-state index in [1.54, 1.807) is 0 Å². The summed E-state index contributed by atoms with van der Waals surface area (Å²) in [6.07, 6.45) is 0. The average Bonchev–Trinajstić information content (AvgIpc) is 2.36. The molecule has 19 heavy (non-hydrogen) atoms. The third-order valence-corrected chi connectivity index (χ3v) is 3.33. The molecule has 0 saturated carbocycles. The number of rotatable bonds is 3. The van der Waals surface area contributed by atoms with Gasteiger partial charge in [-0.05, 0) is 48.4 Å². The first-order chi connectivity index (χ1) is 9.06. The van der Waals surface area contributed by atoms with Gasteiger partial charge in [-0.25, -0.2) is 0 Å². The smallest absolute Gasteiger partial charge is 0.251 e. The second-order valence-corrected chi connectivity index (χ2v) is 5.30. The van der Waals surface area contributed by atoms with Gasteiger partial charge in [0.05, 0.1) is 0 Å². The summed E-state index contributed by atoms with van der Waals surface area (Å²) in [6.45, 7) is 2.39. The first kappa shape index (κ1) is 13.6. The fraction of sp³-hybridized carbons (Fsp3) is 0.133. The van der Waals surface area contributed by atoms with Crippen molar-refractivity contribution in [2.24, 2.45) is 0 Å². The van der Waals surface area contributed by atoms with Crippen LogP contribution in [0.25, 0.3) is 0 Å². The van der Waals surface area contributed by atoms with Crippen LogP contribution in [-0.4, -0.2) is 5.91 Å². The fourth-order valence-corrected chi connectivity index (χ4v) is 2.34. The molecule has 0 saturated heterocycles. The number of halogens is 1. The highest BCUT2D eigenvalue weighted by molar-refractivity contribution is 9.10. The highest BCUT2D eigenvalue weighted by atomic mass is 79.9. The van der Waals surface area contributed by atoms with Crippen molar-refractivity contribution in [3.8, 4) is 0 Å². The van der Waals surface area contributed by atoms with E-state index in [9.17, 15) is 4.79 Å². The van der Waals surface area contributed by atoms with Crippen LogP contribution in [0.1, 0.15) is 21.5 Å². The number of hydrogen-bond donors (Lipinski definition) is 2. The summed E-state index contributed by atoms with van der Waals surface area (Å²) in [5.41, 5.74) is 9.02. The van der Waals surface area contributed by atoms with Crippen molar-refractivity contribution >= 4 is 27.5 Å². The molecule has 0 radical (unpaired) electrons. The molecule has 0 aliphatic heterocycles. The van der Waals surface area contributed by atoms with Gasteiger partial charge in [0.2, 0.25) is 0 Å². The second-order valence-electron chi connectivity index (χ2n) is 4.39. The zero-order valence-corrected chi connectivity index (χ0v) is 12.2. The van der Waals surface area contributed by atoms with Crippen molar-refractivity contribution in [1.82, 2.24) is 5.32 Å². The van der Waals surface area contributed by atoms with E-state index in [-0.39, 0.29) is 5.91 Å². The summed E-state index contributed by atoms with van der Waals surface area (Å²) in [7, 11) is 0. The highest BCUT2D eigenvalue weighted by Gasteiger charge is 2.08. The van der Waals surface area contributed by atoms with Gasteiger partial charge in [-0.3, -0.25) is 4.79 Å². The van der Waals surface area contributed by atoms with Gasteiger partial charge in [0.25, 0.3) is 5.91 Å². The van der Waals surface area contributed by atoms with Gasteiger partial charge in [-0.2, -0.15) is 0 Å². The predicted molar refractivity (Wildman–Crippen MR) is 80.9 cm³/mol. The number of benzene rings is 2. The van der Waals surface area contributed by atoms with Crippen LogP contribution >= 0.6 is 15.9 Å². The number of amides is 1. The van der Waals surface area contributed by atoms with E-state index in [2.05, 4.69) is 21.2 Å². The van der Waals surface area contributed by atoms with Gasteiger partial charge in [-0.15, -0.1) is 0 Å². The molecule has 0 bridgehead atoms. The standard InChI is InChI=1S/C15H15BrN2O/c1-10-7-12(16)5-6-14(10)15(19)18-9-11-3-2-4-13(17)8-11/h2-8H,9,17H2,1H3,(H,18,19). The topological polar surface area (TPSA) is 55.1 Å². The number of nitrogens with two attached hydrogens (primary N) is 1. The van der Waals surface area contributed by atoms with Gasteiger partial charge >= 0.3 is 0 Å². The van der Waals surface area contributed by atoms with Gasteiger partial charge < -0.3 is 11.1 Å². The molecular formula is C15H15BrN2O. The van der Waals surface area contributed by atoms with Crippen LogP contribution in [0.4, 0.5) is 5.69 Å².